The number of rotatable bonds is 1. The average Bonchev–Trinajstić information content (AvgIpc) is 2.31. The molecule has 0 saturated carbocycles. The minimum absolute atomic E-state index is 0.806. The van der Waals surface area contributed by atoms with Crippen molar-refractivity contribution in [1.29, 1.82) is 0 Å². The van der Waals surface area contributed by atoms with E-state index in [1.165, 1.54) is 23.1 Å². The van der Waals surface area contributed by atoms with E-state index in [9.17, 15) is 0 Å². The Morgan fingerprint density at radius 2 is 2.07 bits per heavy atom. The van der Waals surface area contributed by atoms with E-state index in [1.807, 2.05) is 13.8 Å². The van der Waals surface area contributed by atoms with E-state index in [-0.39, 0.29) is 0 Å². The van der Waals surface area contributed by atoms with Gasteiger partial charge in [0.25, 0.3) is 0 Å². The molecule has 1 atom stereocenters. The van der Waals surface area contributed by atoms with Crippen LogP contribution in [0.15, 0.2) is 18.2 Å². The lowest BCUT2D eigenvalue weighted by molar-refractivity contribution is 0.969. The maximum Gasteiger partial charge on any atom is 0.0666 e. The minimum atomic E-state index is 0.806. The van der Waals surface area contributed by atoms with Crippen molar-refractivity contribution in [2.24, 2.45) is 0 Å². The molecule has 0 amide bonds. The van der Waals surface area contributed by atoms with Crippen LogP contribution in [0.2, 0.25) is 0 Å². The van der Waals surface area contributed by atoms with E-state index in [1.54, 1.807) is 0 Å². The summed E-state index contributed by atoms with van der Waals surface area (Å²) in [6.07, 6.45) is 6.68. The Balaban J connectivity index is 0.000000461. The van der Waals surface area contributed by atoms with E-state index < -0.39 is 0 Å². The number of pyridine rings is 1. The summed E-state index contributed by atoms with van der Waals surface area (Å²) in [4.78, 5) is 4.56. The van der Waals surface area contributed by atoms with Gasteiger partial charge in [0.1, 0.15) is 0 Å². The van der Waals surface area contributed by atoms with E-state index in [0.717, 1.165) is 15.0 Å². The lowest BCUT2D eigenvalue weighted by atomic mass is 10.0. The fourth-order valence-corrected chi connectivity index (χ4v) is 1.91. The molecule has 1 nitrogen and oxygen atoms in total. The summed E-state index contributed by atoms with van der Waals surface area (Å²) in [5, 5.41) is 0. The molecular formula is C12H18NP. The van der Waals surface area contributed by atoms with Crippen molar-refractivity contribution in [3.05, 3.63) is 29.5 Å². The number of aryl methyl sites for hydroxylation is 1. The Kier molecular flexibility index (Phi) is 4.82. The number of hydrogen-bond acceptors (Lipinski definition) is 1. The maximum absolute atomic E-state index is 4.56. The van der Waals surface area contributed by atoms with Crippen molar-refractivity contribution in [2.45, 2.75) is 26.7 Å². The van der Waals surface area contributed by atoms with E-state index in [4.69, 9.17) is 0 Å². The fraction of sp³-hybridized carbons (Fsp3) is 0.417. The highest BCUT2D eigenvalue weighted by molar-refractivity contribution is 7.45. The number of fused-ring (bicyclic) bond motifs is 1. The fourth-order valence-electron chi connectivity index (χ4n) is 1.43. The summed E-state index contributed by atoms with van der Waals surface area (Å²) in [7, 11) is 0.806. The second kappa shape index (κ2) is 5.93. The molecule has 14 heavy (non-hydrogen) atoms. The molecular weight excluding hydrogens is 189 g/mol. The molecule has 0 aromatic carbocycles. The third kappa shape index (κ3) is 2.65. The number of hydrogen-bond donors (Lipinski definition) is 0. The first kappa shape index (κ1) is 11.4. The van der Waals surface area contributed by atoms with Gasteiger partial charge in [-0.3, -0.25) is 0 Å². The zero-order valence-corrected chi connectivity index (χ0v) is 10.2. The van der Waals surface area contributed by atoms with Crippen LogP contribution in [0.5, 0.6) is 0 Å². The second-order valence-corrected chi connectivity index (χ2v) is 3.94. The third-order valence-electron chi connectivity index (χ3n) is 2.12. The zero-order valence-electron chi connectivity index (χ0n) is 9.17. The predicted octanol–water partition coefficient (Wildman–Crippen LogP) is 3.00. The van der Waals surface area contributed by atoms with Gasteiger partial charge in [-0.05, 0) is 37.2 Å². The number of nitrogens with zero attached hydrogens (tertiary/aromatic N) is 1. The Hall–Kier alpha value is -0.680. The molecule has 0 saturated heterocycles. The largest absolute Gasteiger partial charge is 0.249 e. The summed E-state index contributed by atoms with van der Waals surface area (Å²) < 4.78 is 0. The van der Waals surface area contributed by atoms with Crippen molar-refractivity contribution in [3.8, 4) is 0 Å². The third-order valence-corrected chi connectivity index (χ3v) is 2.92. The normalized spacial score (nSPS) is 13.6. The van der Waals surface area contributed by atoms with Gasteiger partial charge in [0.15, 0.2) is 0 Å². The van der Waals surface area contributed by atoms with Crippen LogP contribution in [0.25, 0.3) is 6.08 Å². The lowest BCUT2D eigenvalue weighted by Crippen LogP contribution is -2.06. The molecule has 1 unspecified atom stereocenters. The van der Waals surface area contributed by atoms with Crippen molar-refractivity contribution in [2.75, 3.05) is 6.66 Å². The van der Waals surface area contributed by atoms with Crippen molar-refractivity contribution in [1.82, 2.24) is 4.98 Å². The van der Waals surface area contributed by atoms with Crippen molar-refractivity contribution < 1.29 is 0 Å². The Morgan fingerprint density at radius 3 is 2.79 bits per heavy atom. The van der Waals surface area contributed by atoms with Crippen LogP contribution >= 0.6 is 8.58 Å². The second-order valence-electron chi connectivity index (χ2n) is 2.93. The monoisotopic (exact) mass is 207 g/mol. The molecule has 0 N–H and O–H groups in total. The Labute approximate surface area is 88.4 Å². The molecule has 0 radical (unpaired) electrons. The Morgan fingerprint density at radius 1 is 1.29 bits per heavy atom. The van der Waals surface area contributed by atoms with Crippen molar-refractivity contribution in [3.63, 3.8) is 0 Å². The van der Waals surface area contributed by atoms with Gasteiger partial charge in [0, 0.05) is 0 Å². The molecule has 0 fully saturated rings. The van der Waals surface area contributed by atoms with Gasteiger partial charge in [0.05, 0.1) is 11.1 Å². The lowest BCUT2D eigenvalue weighted by Gasteiger charge is -2.09. The summed E-state index contributed by atoms with van der Waals surface area (Å²) in [6.45, 7) is 6.17. The molecule has 76 valence electrons. The molecule has 1 aliphatic rings. The van der Waals surface area contributed by atoms with Crippen LogP contribution < -0.4 is 5.44 Å². The molecule has 0 bridgehead atoms. The minimum Gasteiger partial charge on any atom is -0.249 e. The SMILES string of the molecule is CC.CPc1ccc2c(n1)C=CCC2. The zero-order chi connectivity index (χ0) is 10.4. The van der Waals surface area contributed by atoms with Gasteiger partial charge in [-0.25, -0.2) is 4.98 Å². The first-order valence-corrected chi connectivity index (χ1v) is 6.74. The summed E-state index contributed by atoms with van der Waals surface area (Å²) >= 11 is 0. The molecule has 0 aliphatic heterocycles. The van der Waals surface area contributed by atoms with Crippen LogP contribution in [-0.2, 0) is 6.42 Å². The molecule has 1 aliphatic carbocycles. The Bertz CT molecular complexity index is 318. The van der Waals surface area contributed by atoms with Gasteiger partial charge < -0.3 is 0 Å². The van der Waals surface area contributed by atoms with Gasteiger partial charge in [-0.15, -0.1) is 0 Å². The first-order chi connectivity index (χ1) is 6.90. The molecule has 2 rings (SSSR count). The average molecular weight is 207 g/mol. The van der Waals surface area contributed by atoms with Crippen LogP contribution in [0.1, 0.15) is 31.5 Å². The highest BCUT2D eigenvalue weighted by Crippen LogP contribution is 2.16. The standard InChI is InChI=1S/C10H12NP.C2H6/c1-12-10-7-6-8-4-2-3-5-9(8)11-10;1-2/h3,5-7,12H,2,4H2,1H3;1-2H3. The van der Waals surface area contributed by atoms with Gasteiger partial charge in [-0.2, -0.15) is 0 Å². The van der Waals surface area contributed by atoms with Crippen LogP contribution in [-0.4, -0.2) is 11.6 Å². The number of aromatic nitrogens is 1. The summed E-state index contributed by atoms with van der Waals surface area (Å²) in [6, 6.07) is 4.37. The maximum atomic E-state index is 4.56. The smallest absolute Gasteiger partial charge is 0.0666 e. The summed E-state index contributed by atoms with van der Waals surface area (Å²) in [5.74, 6) is 0. The van der Waals surface area contributed by atoms with Crippen LogP contribution in [0.4, 0.5) is 0 Å². The molecule has 0 spiro atoms. The summed E-state index contributed by atoms with van der Waals surface area (Å²) in [5.41, 5.74) is 3.81. The highest BCUT2D eigenvalue weighted by atomic mass is 31.1. The number of allylic oxidation sites excluding steroid dienone is 1. The predicted molar refractivity (Wildman–Crippen MR) is 66.8 cm³/mol. The quantitative estimate of drug-likeness (QED) is 0.645. The molecule has 1 heterocycles. The highest BCUT2D eigenvalue weighted by Gasteiger charge is 2.05. The van der Waals surface area contributed by atoms with E-state index in [0.29, 0.717) is 0 Å². The van der Waals surface area contributed by atoms with E-state index in [2.05, 4.69) is 35.9 Å². The van der Waals surface area contributed by atoms with Crippen molar-refractivity contribution >= 4 is 20.1 Å². The molecule has 2 heteroatoms. The molecule has 1 aromatic heterocycles. The van der Waals surface area contributed by atoms with Gasteiger partial charge in [-0.1, -0.05) is 34.6 Å². The van der Waals surface area contributed by atoms with Crippen LogP contribution in [0.3, 0.4) is 0 Å². The first-order valence-electron chi connectivity index (χ1n) is 5.24. The molecule has 1 aromatic rings. The van der Waals surface area contributed by atoms with Gasteiger partial charge in [0.2, 0.25) is 0 Å². The topological polar surface area (TPSA) is 12.9 Å². The van der Waals surface area contributed by atoms with Gasteiger partial charge >= 0.3 is 0 Å². The van der Waals surface area contributed by atoms with Crippen LogP contribution in [0, 0.1) is 0 Å². The van der Waals surface area contributed by atoms with E-state index >= 15 is 0 Å².